The Morgan fingerprint density at radius 1 is 1.29 bits per heavy atom. The summed E-state index contributed by atoms with van der Waals surface area (Å²) in [4.78, 5) is 33.9. The lowest BCUT2D eigenvalue weighted by Gasteiger charge is -2.23. The van der Waals surface area contributed by atoms with Crippen molar-refractivity contribution < 1.29 is 24.2 Å². The number of benzene rings is 1. The van der Waals surface area contributed by atoms with Gasteiger partial charge in [0.1, 0.15) is 5.75 Å². The minimum Gasteiger partial charge on any atom is -0.481 e. The van der Waals surface area contributed by atoms with Crippen molar-refractivity contribution in [1.29, 1.82) is 0 Å². The van der Waals surface area contributed by atoms with E-state index in [1.165, 1.54) is 0 Å². The summed E-state index contributed by atoms with van der Waals surface area (Å²) in [6, 6.07) is 4.91. The number of hydrogen-bond donors (Lipinski definition) is 2. The molecule has 0 saturated carbocycles. The van der Waals surface area contributed by atoms with Gasteiger partial charge in [0.15, 0.2) is 11.9 Å². The number of hydrogen-bond acceptors (Lipinski definition) is 4. The number of ketones is 1. The summed E-state index contributed by atoms with van der Waals surface area (Å²) in [6.45, 7) is 1.65. The Bertz CT molecular complexity index is 581. The molecule has 0 radical (unpaired) electrons. The lowest BCUT2D eigenvalue weighted by molar-refractivity contribution is -0.137. The second-order valence-electron chi connectivity index (χ2n) is 4.98. The van der Waals surface area contributed by atoms with E-state index in [9.17, 15) is 14.4 Å². The highest BCUT2D eigenvalue weighted by Crippen LogP contribution is 2.30. The standard InChI is InChI=1S/C15H17NO5/c1-9-15(20)16-11-8-10(6-7-13(11)21-9)12(17)4-2-3-5-14(18)19/h6-9H,2-5H2,1H3,(H,16,20)(H,18,19). The zero-order valence-electron chi connectivity index (χ0n) is 11.7. The van der Waals surface area contributed by atoms with Gasteiger partial charge in [-0.25, -0.2) is 0 Å². The molecular weight excluding hydrogens is 274 g/mol. The van der Waals surface area contributed by atoms with Crippen LogP contribution < -0.4 is 10.1 Å². The fourth-order valence-electron chi connectivity index (χ4n) is 2.09. The molecule has 0 aromatic heterocycles. The molecule has 1 aromatic rings. The summed E-state index contributed by atoms with van der Waals surface area (Å²) in [6.07, 6.45) is 0.817. The minimum absolute atomic E-state index is 0.0687. The molecule has 1 atom stereocenters. The van der Waals surface area contributed by atoms with Crippen LogP contribution in [0, 0.1) is 0 Å². The summed E-state index contributed by atoms with van der Waals surface area (Å²) >= 11 is 0. The Hall–Kier alpha value is -2.37. The van der Waals surface area contributed by atoms with E-state index < -0.39 is 12.1 Å². The molecule has 6 nitrogen and oxygen atoms in total. The quantitative estimate of drug-likeness (QED) is 0.619. The molecule has 1 heterocycles. The highest BCUT2D eigenvalue weighted by atomic mass is 16.5. The van der Waals surface area contributed by atoms with Crippen molar-refractivity contribution in [2.75, 3.05) is 5.32 Å². The van der Waals surface area contributed by atoms with E-state index in [0.29, 0.717) is 29.8 Å². The van der Waals surface area contributed by atoms with Crippen LogP contribution in [0.5, 0.6) is 5.75 Å². The van der Waals surface area contributed by atoms with Crippen molar-refractivity contribution in [2.45, 2.75) is 38.7 Å². The van der Waals surface area contributed by atoms with Crippen molar-refractivity contribution in [3.05, 3.63) is 23.8 Å². The monoisotopic (exact) mass is 291 g/mol. The predicted molar refractivity (Wildman–Crippen MR) is 75.6 cm³/mol. The van der Waals surface area contributed by atoms with E-state index >= 15 is 0 Å². The maximum absolute atomic E-state index is 12.0. The van der Waals surface area contributed by atoms with Gasteiger partial charge in [0.25, 0.3) is 5.91 Å². The Morgan fingerprint density at radius 3 is 2.71 bits per heavy atom. The van der Waals surface area contributed by atoms with E-state index in [-0.39, 0.29) is 24.5 Å². The summed E-state index contributed by atoms with van der Waals surface area (Å²) < 4.78 is 5.42. The molecule has 2 N–H and O–H groups in total. The van der Waals surface area contributed by atoms with Crippen molar-refractivity contribution in [3.8, 4) is 5.75 Å². The molecule has 0 saturated heterocycles. The van der Waals surface area contributed by atoms with Gasteiger partial charge in [-0.05, 0) is 38.0 Å². The third-order valence-corrected chi connectivity index (χ3v) is 3.28. The molecule has 1 aliphatic rings. The minimum atomic E-state index is -0.856. The van der Waals surface area contributed by atoms with E-state index in [4.69, 9.17) is 9.84 Å². The average Bonchev–Trinajstić information content (AvgIpc) is 2.44. The SMILES string of the molecule is CC1Oc2ccc(C(=O)CCCCC(=O)O)cc2NC1=O. The van der Waals surface area contributed by atoms with Gasteiger partial charge in [-0.15, -0.1) is 0 Å². The summed E-state index contributed by atoms with van der Waals surface area (Å²) in [5.74, 6) is -0.626. The lowest BCUT2D eigenvalue weighted by Crippen LogP contribution is -2.34. The van der Waals surface area contributed by atoms with Crippen molar-refractivity contribution >= 4 is 23.3 Å². The summed E-state index contributed by atoms with van der Waals surface area (Å²) in [7, 11) is 0. The van der Waals surface area contributed by atoms with Crippen molar-refractivity contribution in [1.82, 2.24) is 0 Å². The van der Waals surface area contributed by atoms with Crippen LogP contribution in [0.25, 0.3) is 0 Å². The number of ether oxygens (including phenoxy) is 1. The number of carboxylic acid groups (broad SMARTS) is 1. The topological polar surface area (TPSA) is 92.7 Å². The molecule has 6 heteroatoms. The van der Waals surface area contributed by atoms with Crippen molar-refractivity contribution in [3.63, 3.8) is 0 Å². The first-order chi connectivity index (χ1) is 9.97. The number of anilines is 1. The second kappa shape index (κ2) is 6.39. The Kier molecular flexibility index (Phi) is 4.57. The zero-order valence-corrected chi connectivity index (χ0v) is 11.7. The Labute approximate surface area is 122 Å². The van der Waals surface area contributed by atoms with Gasteiger partial charge in [0.2, 0.25) is 0 Å². The Balaban J connectivity index is 1.98. The molecule has 2 rings (SSSR count). The lowest BCUT2D eigenvalue weighted by atomic mass is 10.0. The van der Waals surface area contributed by atoms with Crippen LogP contribution in [0.1, 0.15) is 43.0 Å². The molecule has 21 heavy (non-hydrogen) atoms. The van der Waals surface area contributed by atoms with Gasteiger partial charge in [-0.3, -0.25) is 14.4 Å². The predicted octanol–water partition coefficient (Wildman–Crippen LogP) is 2.23. The largest absolute Gasteiger partial charge is 0.481 e. The average molecular weight is 291 g/mol. The molecule has 0 fully saturated rings. The number of fused-ring (bicyclic) bond motifs is 1. The smallest absolute Gasteiger partial charge is 0.303 e. The van der Waals surface area contributed by atoms with E-state index in [1.807, 2.05) is 0 Å². The third-order valence-electron chi connectivity index (χ3n) is 3.28. The summed E-state index contributed by atoms with van der Waals surface area (Å²) in [5.41, 5.74) is 0.983. The van der Waals surface area contributed by atoms with Crippen molar-refractivity contribution in [2.24, 2.45) is 0 Å². The van der Waals surface area contributed by atoms with Gasteiger partial charge >= 0.3 is 5.97 Å². The molecule has 112 valence electrons. The van der Waals surface area contributed by atoms with Crippen LogP contribution >= 0.6 is 0 Å². The maximum Gasteiger partial charge on any atom is 0.303 e. The first kappa shape index (κ1) is 15.0. The molecule has 1 unspecified atom stereocenters. The van der Waals surface area contributed by atoms with Gasteiger partial charge in [0.05, 0.1) is 5.69 Å². The zero-order chi connectivity index (χ0) is 15.4. The molecule has 1 aliphatic heterocycles. The summed E-state index contributed by atoms with van der Waals surface area (Å²) in [5, 5.41) is 11.2. The first-order valence-corrected chi connectivity index (χ1v) is 6.84. The number of Topliss-reactive ketones (excluding diaryl/α,β-unsaturated/α-hetero) is 1. The normalized spacial score (nSPS) is 16.6. The third kappa shape index (κ3) is 3.81. The number of carbonyl (C=O) groups excluding carboxylic acids is 2. The number of nitrogens with one attached hydrogen (secondary N) is 1. The molecule has 1 amide bonds. The van der Waals surface area contributed by atoms with E-state index in [0.717, 1.165) is 0 Å². The molecule has 0 bridgehead atoms. The number of aliphatic carboxylic acids is 1. The number of carboxylic acids is 1. The van der Waals surface area contributed by atoms with Crippen LogP contribution in [0.3, 0.4) is 0 Å². The second-order valence-corrected chi connectivity index (χ2v) is 4.98. The molecular formula is C15H17NO5. The fraction of sp³-hybridized carbons (Fsp3) is 0.400. The van der Waals surface area contributed by atoms with Gasteiger partial charge in [-0.2, -0.15) is 0 Å². The van der Waals surface area contributed by atoms with Crippen LogP contribution in [0.2, 0.25) is 0 Å². The van der Waals surface area contributed by atoms with Gasteiger partial charge in [-0.1, -0.05) is 0 Å². The highest BCUT2D eigenvalue weighted by Gasteiger charge is 2.24. The van der Waals surface area contributed by atoms with E-state index in [2.05, 4.69) is 5.32 Å². The van der Waals surface area contributed by atoms with Crippen LogP contribution in [0.15, 0.2) is 18.2 Å². The molecule has 1 aromatic carbocycles. The van der Waals surface area contributed by atoms with Gasteiger partial charge in [0, 0.05) is 18.4 Å². The van der Waals surface area contributed by atoms with Crippen LogP contribution in [-0.2, 0) is 9.59 Å². The van der Waals surface area contributed by atoms with Gasteiger partial charge < -0.3 is 15.2 Å². The highest BCUT2D eigenvalue weighted by molar-refractivity contribution is 6.01. The maximum atomic E-state index is 12.0. The number of unbranched alkanes of at least 4 members (excludes halogenated alkanes) is 1. The first-order valence-electron chi connectivity index (χ1n) is 6.84. The fourth-order valence-corrected chi connectivity index (χ4v) is 2.09. The molecule has 0 spiro atoms. The van der Waals surface area contributed by atoms with E-state index in [1.54, 1.807) is 25.1 Å². The number of amides is 1. The van der Waals surface area contributed by atoms with Crippen LogP contribution in [-0.4, -0.2) is 28.9 Å². The number of carbonyl (C=O) groups is 3. The molecule has 0 aliphatic carbocycles. The Morgan fingerprint density at radius 2 is 2.00 bits per heavy atom. The van der Waals surface area contributed by atoms with Crippen LogP contribution in [0.4, 0.5) is 5.69 Å². The number of rotatable bonds is 6.